The molecule has 0 saturated heterocycles. The van der Waals surface area contributed by atoms with Crippen LogP contribution in [0.4, 0.5) is 4.79 Å². The van der Waals surface area contributed by atoms with E-state index in [1.54, 1.807) is 0 Å². The Morgan fingerprint density at radius 3 is 2.74 bits per heavy atom. The summed E-state index contributed by atoms with van der Waals surface area (Å²) in [6.07, 6.45) is 3.14. The highest BCUT2D eigenvalue weighted by Crippen LogP contribution is 2.38. The number of alkyl carbamates (subject to hydrolysis) is 1. The number of hydrogen-bond donors (Lipinski definition) is 2. The molecular formula is C17H27BrN2O2S. The normalized spacial score (nSPS) is 18.4. The second-order valence-corrected chi connectivity index (χ2v) is 10.3. The molecule has 0 fully saturated rings. The number of carbonyl (C=O) groups excluding carboxylic acids is 1. The predicted octanol–water partition coefficient (Wildman–Crippen LogP) is 4.78. The largest absolute Gasteiger partial charge is 0.444 e. The number of rotatable bonds is 4. The number of aryl methyl sites for hydroxylation is 1. The fraction of sp³-hybridized carbons (Fsp3) is 0.706. The first-order valence-electron chi connectivity index (χ1n) is 8.08. The summed E-state index contributed by atoms with van der Waals surface area (Å²) in [6, 6.07) is 2.59. The van der Waals surface area contributed by atoms with E-state index < -0.39 is 5.60 Å². The van der Waals surface area contributed by atoms with Crippen molar-refractivity contribution in [1.29, 1.82) is 0 Å². The molecule has 4 nitrogen and oxygen atoms in total. The molecule has 23 heavy (non-hydrogen) atoms. The molecule has 0 bridgehead atoms. The van der Waals surface area contributed by atoms with Crippen LogP contribution >= 0.6 is 27.3 Å². The number of ether oxygens (including phenoxy) is 1. The lowest BCUT2D eigenvalue weighted by molar-refractivity contribution is 0.0470. The lowest BCUT2D eigenvalue weighted by Gasteiger charge is -2.32. The van der Waals surface area contributed by atoms with Gasteiger partial charge in [-0.3, -0.25) is 0 Å². The third-order valence-electron chi connectivity index (χ3n) is 3.71. The first-order chi connectivity index (χ1) is 10.6. The molecule has 0 saturated carbocycles. The number of amides is 1. The summed E-state index contributed by atoms with van der Waals surface area (Å²) in [5.41, 5.74) is 0.559. The van der Waals surface area contributed by atoms with E-state index in [0.717, 1.165) is 6.42 Å². The zero-order valence-electron chi connectivity index (χ0n) is 14.6. The number of thiophene rings is 1. The second kappa shape index (κ2) is 7.11. The monoisotopic (exact) mass is 402 g/mol. The minimum absolute atomic E-state index is 0.362. The summed E-state index contributed by atoms with van der Waals surface area (Å²) in [7, 11) is 0. The van der Waals surface area contributed by atoms with Crippen molar-refractivity contribution in [3.8, 4) is 0 Å². The number of hydrogen-bond acceptors (Lipinski definition) is 4. The van der Waals surface area contributed by atoms with Crippen LogP contribution in [0.5, 0.6) is 0 Å². The van der Waals surface area contributed by atoms with E-state index in [1.807, 2.05) is 46.0 Å². The Labute approximate surface area is 151 Å². The molecule has 0 spiro atoms. The highest BCUT2D eigenvalue weighted by atomic mass is 79.9. The van der Waals surface area contributed by atoms with Crippen molar-refractivity contribution in [3.63, 3.8) is 0 Å². The van der Waals surface area contributed by atoms with Gasteiger partial charge < -0.3 is 15.4 Å². The Bertz CT molecular complexity index is 563. The molecule has 6 heteroatoms. The Balaban J connectivity index is 1.91. The molecular weight excluding hydrogens is 376 g/mol. The molecule has 1 aliphatic rings. The van der Waals surface area contributed by atoms with Gasteiger partial charge in [-0.1, -0.05) is 0 Å². The van der Waals surface area contributed by atoms with Gasteiger partial charge in [-0.15, -0.1) is 11.3 Å². The minimum Gasteiger partial charge on any atom is -0.444 e. The maximum absolute atomic E-state index is 12.0. The lowest BCUT2D eigenvalue weighted by atomic mass is 9.93. The lowest BCUT2D eigenvalue weighted by Crippen LogP contribution is -2.52. The molecule has 1 unspecified atom stereocenters. The van der Waals surface area contributed by atoms with Crippen molar-refractivity contribution < 1.29 is 9.53 Å². The van der Waals surface area contributed by atoms with Gasteiger partial charge >= 0.3 is 6.09 Å². The molecule has 1 heterocycles. The summed E-state index contributed by atoms with van der Waals surface area (Å²) in [5.74, 6) is 0. The van der Waals surface area contributed by atoms with Gasteiger partial charge in [0.1, 0.15) is 5.60 Å². The van der Waals surface area contributed by atoms with E-state index in [2.05, 4.69) is 32.6 Å². The molecule has 0 aliphatic heterocycles. The number of carbonyl (C=O) groups is 1. The molecule has 2 rings (SSSR count). The molecule has 1 aromatic rings. The quantitative estimate of drug-likeness (QED) is 0.761. The third kappa shape index (κ3) is 5.76. The maximum Gasteiger partial charge on any atom is 0.408 e. The average molecular weight is 403 g/mol. The van der Waals surface area contributed by atoms with Crippen molar-refractivity contribution in [2.75, 3.05) is 6.54 Å². The number of nitrogens with one attached hydrogen (secondary N) is 2. The van der Waals surface area contributed by atoms with Gasteiger partial charge in [0.2, 0.25) is 0 Å². The van der Waals surface area contributed by atoms with Crippen LogP contribution in [0.15, 0.2) is 9.85 Å². The fourth-order valence-electron chi connectivity index (χ4n) is 2.74. The van der Waals surface area contributed by atoms with Crippen LogP contribution in [-0.2, 0) is 11.2 Å². The Morgan fingerprint density at radius 2 is 2.09 bits per heavy atom. The minimum atomic E-state index is -0.477. The zero-order chi connectivity index (χ0) is 17.3. The van der Waals surface area contributed by atoms with E-state index in [9.17, 15) is 4.79 Å². The first kappa shape index (κ1) is 18.7. The zero-order valence-corrected chi connectivity index (χ0v) is 17.0. The van der Waals surface area contributed by atoms with Crippen LogP contribution < -0.4 is 10.6 Å². The van der Waals surface area contributed by atoms with Crippen molar-refractivity contribution in [2.24, 2.45) is 0 Å². The van der Waals surface area contributed by atoms with Gasteiger partial charge in [0.25, 0.3) is 0 Å². The molecule has 0 radical (unpaired) electrons. The van der Waals surface area contributed by atoms with E-state index >= 15 is 0 Å². The van der Waals surface area contributed by atoms with E-state index in [0.29, 0.717) is 12.6 Å². The van der Waals surface area contributed by atoms with Crippen LogP contribution in [0.25, 0.3) is 0 Å². The second-order valence-electron chi connectivity index (χ2n) is 7.77. The van der Waals surface area contributed by atoms with Crippen LogP contribution in [0.2, 0.25) is 0 Å². The topological polar surface area (TPSA) is 50.4 Å². The highest BCUT2D eigenvalue weighted by Gasteiger charge is 2.28. The fourth-order valence-corrected chi connectivity index (χ4v) is 4.56. The molecule has 130 valence electrons. The summed E-state index contributed by atoms with van der Waals surface area (Å²) in [6.45, 7) is 10.3. The van der Waals surface area contributed by atoms with Gasteiger partial charge in [-0.2, -0.15) is 0 Å². The molecule has 1 atom stereocenters. The third-order valence-corrected chi connectivity index (χ3v) is 5.43. The maximum atomic E-state index is 12.0. The van der Waals surface area contributed by atoms with Gasteiger partial charge in [0.05, 0.1) is 9.33 Å². The van der Waals surface area contributed by atoms with Crippen molar-refractivity contribution >= 4 is 33.4 Å². The first-order valence-corrected chi connectivity index (χ1v) is 9.69. The summed E-state index contributed by atoms with van der Waals surface area (Å²) >= 11 is 5.42. The predicted molar refractivity (Wildman–Crippen MR) is 99.1 cm³/mol. The average Bonchev–Trinajstić information content (AvgIpc) is 2.73. The Hall–Kier alpha value is -0.590. The Kier molecular flexibility index (Phi) is 5.80. The molecule has 0 aromatic carbocycles. The standard InChI is InChI=1S/C17H27BrN2O2S/c1-16(2,3)22-15(21)20-17(4,5)10-19-12-7-6-8-13-11(12)9-14(18)23-13/h9,12,19H,6-8,10H2,1-5H3,(H,20,21). The van der Waals surface area contributed by atoms with Crippen LogP contribution in [0.3, 0.4) is 0 Å². The molecule has 1 aromatic heterocycles. The van der Waals surface area contributed by atoms with Gasteiger partial charge in [0.15, 0.2) is 0 Å². The van der Waals surface area contributed by atoms with E-state index in [4.69, 9.17) is 4.74 Å². The van der Waals surface area contributed by atoms with Crippen molar-refractivity contribution in [3.05, 3.63) is 20.3 Å². The smallest absolute Gasteiger partial charge is 0.408 e. The van der Waals surface area contributed by atoms with Crippen LogP contribution in [0.1, 0.15) is 63.9 Å². The van der Waals surface area contributed by atoms with E-state index in [-0.39, 0.29) is 11.6 Å². The molecule has 2 N–H and O–H groups in total. The van der Waals surface area contributed by atoms with Crippen LogP contribution in [-0.4, -0.2) is 23.8 Å². The SMILES string of the molecule is CC(C)(CNC1CCCc2sc(Br)cc21)NC(=O)OC(C)(C)C. The van der Waals surface area contributed by atoms with Crippen LogP contribution in [0, 0.1) is 0 Å². The summed E-state index contributed by atoms with van der Waals surface area (Å²) in [4.78, 5) is 13.4. The van der Waals surface area contributed by atoms with Gasteiger partial charge in [0, 0.05) is 17.5 Å². The molecule has 1 amide bonds. The Morgan fingerprint density at radius 1 is 1.39 bits per heavy atom. The van der Waals surface area contributed by atoms with Crippen molar-refractivity contribution in [2.45, 2.75) is 71.1 Å². The van der Waals surface area contributed by atoms with Gasteiger partial charge in [-0.25, -0.2) is 4.79 Å². The highest BCUT2D eigenvalue weighted by molar-refractivity contribution is 9.11. The number of halogens is 1. The number of fused-ring (bicyclic) bond motifs is 1. The summed E-state index contributed by atoms with van der Waals surface area (Å²) in [5, 5.41) is 6.57. The van der Waals surface area contributed by atoms with Crippen molar-refractivity contribution in [1.82, 2.24) is 10.6 Å². The van der Waals surface area contributed by atoms with E-state index in [1.165, 1.54) is 27.1 Å². The summed E-state index contributed by atoms with van der Waals surface area (Å²) < 4.78 is 6.54. The molecule has 1 aliphatic carbocycles. The van der Waals surface area contributed by atoms with Gasteiger partial charge in [-0.05, 0) is 81.4 Å².